The normalized spacial score (nSPS) is 11.2. The van der Waals surface area contributed by atoms with Gasteiger partial charge in [-0.2, -0.15) is 5.26 Å². The van der Waals surface area contributed by atoms with Crippen LogP contribution in [0, 0.1) is 34.2 Å². The molecule has 0 spiro atoms. The Bertz CT molecular complexity index is 1060. The van der Waals surface area contributed by atoms with Gasteiger partial charge < -0.3 is 4.42 Å². The third-order valence-corrected chi connectivity index (χ3v) is 3.88. The summed E-state index contributed by atoms with van der Waals surface area (Å²) in [7, 11) is 0. The quantitative estimate of drug-likeness (QED) is 0.361. The number of halogens is 1. The Kier molecular flexibility index (Phi) is 4.63. The largest absolute Gasteiger partial charge is 0.457 e. The third-order valence-electron chi connectivity index (χ3n) is 3.88. The molecule has 128 valence electrons. The Balaban J connectivity index is 1.97. The van der Waals surface area contributed by atoms with Crippen LogP contribution in [0.2, 0.25) is 0 Å². The number of furan rings is 1. The zero-order valence-electron chi connectivity index (χ0n) is 13.8. The van der Waals surface area contributed by atoms with Gasteiger partial charge in [-0.25, -0.2) is 4.39 Å². The number of benzene rings is 2. The molecule has 5 nitrogen and oxygen atoms in total. The van der Waals surface area contributed by atoms with Crippen molar-refractivity contribution in [2.45, 2.75) is 6.92 Å². The lowest BCUT2D eigenvalue weighted by Gasteiger charge is -2.02. The molecule has 0 saturated carbocycles. The molecule has 0 bridgehead atoms. The lowest BCUT2D eigenvalue weighted by Crippen LogP contribution is -1.89. The first kappa shape index (κ1) is 17.1. The number of hydrogen-bond donors (Lipinski definition) is 0. The third kappa shape index (κ3) is 3.37. The maximum atomic E-state index is 13.9. The van der Waals surface area contributed by atoms with Crippen LogP contribution in [-0.2, 0) is 0 Å². The van der Waals surface area contributed by atoms with E-state index in [9.17, 15) is 19.8 Å². The Morgan fingerprint density at radius 3 is 2.65 bits per heavy atom. The molecule has 0 saturated heterocycles. The number of non-ortho nitro benzene ring substituents is 1. The lowest BCUT2D eigenvalue weighted by molar-refractivity contribution is -0.384. The molecular formula is C20H13FN2O3. The molecule has 0 N–H and O–H groups in total. The van der Waals surface area contributed by atoms with Crippen molar-refractivity contribution >= 4 is 17.3 Å². The molecule has 0 amide bonds. The molecule has 3 rings (SSSR count). The monoisotopic (exact) mass is 348 g/mol. The van der Waals surface area contributed by atoms with Crippen molar-refractivity contribution in [3.63, 3.8) is 0 Å². The van der Waals surface area contributed by atoms with Gasteiger partial charge in [0.05, 0.1) is 16.6 Å². The maximum absolute atomic E-state index is 13.9. The van der Waals surface area contributed by atoms with Crippen molar-refractivity contribution in [3.05, 3.63) is 87.4 Å². The molecule has 0 aliphatic heterocycles. The van der Waals surface area contributed by atoms with E-state index in [4.69, 9.17) is 4.42 Å². The van der Waals surface area contributed by atoms with Gasteiger partial charge >= 0.3 is 0 Å². The number of hydrogen-bond acceptors (Lipinski definition) is 4. The van der Waals surface area contributed by atoms with Crippen LogP contribution in [0.3, 0.4) is 0 Å². The van der Waals surface area contributed by atoms with Gasteiger partial charge in [0, 0.05) is 23.3 Å². The van der Waals surface area contributed by atoms with Crippen LogP contribution in [0.5, 0.6) is 0 Å². The molecule has 2 aromatic carbocycles. The molecule has 0 atom stereocenters. The molecule has 0 aliphatic rings. The van der Waals surface area contributed by atoms with Gasteiger partial charge in [-0.3, -0.25) is 10.1 Å². The summed E-state index contributed by atoms with van der Waals surface area (Å²) in [5.41, 5.74) is 1.74. The van der Waals surface area contributed by atoms with E-state index < -0.39 is 10.7 Å². The first-order valence-corrected chi connectivity index (χ1v) is 7.71. The van der Waals surface area contributed by atoms with Gasteiger partial charge in [0.15, 0.2) is 0 Å². The molecule has 0 radical (unpaired) electrons. The second-order valence-corrected chi connectivity index (χ2v) is 5.61. The first-order chi connectivity index (χ1) is 12.5. The summed E-state index contributed by atoms with van der Waals surface area (Å²) >= 11 is 0. The summed E-state index contributed by atoms with van der Waals surface area (Å²) < 4.78 is 19.6. The fourth-order valence-electron chi connectivity index (χ4n) is 2.61. The van der Waals surface area contributed by atoms with Crippen molar-refractivity contribution in [2.75, 3.05) is 0 Å². The van der Waals surface area contributed by atoms with E-state index >= 15 is 0 Å². The summed E-state index contributed by atoms with van der Waals surface area (Å²) in [5.74, 6) is 0.408. The van der Waals surface area contributed by atoms with Crippen LogP contribution < -0.4 is 0 Å². The number of nitriles is 1. The zero-order chi connectivity index (χ0) is 18.7. The van der Waals surface area contributed by atoms with E-state index in [1.165, 1.54) is 30.3 Å². The van der Waals surface area contributed by atoms with Crippen molar-refractivity contribution in [1.29, 1.82) is 5.26 Å². The van der Waals surface area contributed by atoms with Crippen LogP contribution in [0.1, 0.15) is 16.9 Å². The lowest BCUT2D eigenvalue weighted by atomic mass is 10.1. The van der Waals surface area contributed by atoms with E-state index in [2.05, 4.69) is 0 Å². The average molecular weight is 348 g/mol. The van der Waals surface area contributed by atoms with E-state index in [1.54, 1.807) is 37.3 Å². The Hall–Kier alpha value is -3.72. The van der Waals surface area contributed by atoms with Gasteiger partial charge in [0.25, 0.3) is 5.69 Å². The first-order valence-electron chi connectivity index (χ1n) is 7.71. The highest BCUT2D eigenvalue weighted by atomic mass is 19.1. The van der Waals surface area contributed by atoms with Crippen LogP contribution in [0.4, 0.5) is 10.1 Å². The van der Waals surface area contributed by atoms with Crippen molar-refractivity contribution < 1.29 is 13.7 Å². The number of rotatable bonds is 4. The summed E-state index contributed by atoms with van der Waals surface area (Å²) in [6, 6.07) is 15.8. The van der Waals surface area contributed by atoms with E-state index in [1.807, 2.05) is 6.07 Å². The van der Waals surface area contributed by atoms with Gasteiger partial charge in [-0.05, 0) is 42.8 Å². The van der Waals surface area contributed by atoms with Gasteiger partial charge in [-0.1, -0.05) is 18.2 Å². The van der Waals surface area contributed by atoms with E-state index in [-0.39, 0.29) is 16.8 Å². The molecule has 6 heteroatoms. The summed E-state index contributed by atoms with van der Waals surface area (Å²) in [6.45, 7) is 1.75. The molecule has 0 aliphatic carbocycles. The second-order valence-electron chi connectivity index (χ2n) is 5.61. The molecule has 1 heterocycles. The van der Waals surface area contributed by atoms with Gasteiger partial charge in [0.2, 0.25) is 0 Å². The number of nitro groups is 1. The topological polar surface area (TPSA) is 80.1 Å². The van der Waals surface area contributed by atoms with Crippen molar-refractivity contribution in [2.24, 2.45) is 0 Å². The van der Waals surface area contributed by atoms with Crippen LogP contribution >= 0.6 is 0 Å². The van der Waals surface area contributed by atoms with Crippen LogP contribution in [-0.4, -0.2) is 4.92 Å². The van der Waals surface area contributed by atoms with Gasteiger partial charge in [-0.15, -0.1) is 0 Å². The summed E-state index contributed by atoms with van der Waals surface area (Å²) in [5, 5.41) is 20.2. The minimum atomic E-state index is -0.488. The minimum Gasteiger partial charge on any atom is -0.457 e. The molecule has 0 unspecified atom stereocenters. The number of nitro benzene ring substituents is 1. The number of aryl methyl sites for hydroxylation is 1. The highest BCUT2D eigenvalue weighted by Gasteiger charge is 2.13. The molecule has 26 heavy (non-hydrogen) atoms. The Labute approximate surface area is 148 Å². The smallest absolute Gasteiger partial charge is 0.269 e. The summed E-state index contributed by atoms with van der Waals surface area (Å²) in [4.78, 5) is 10.4. The average Bonchev–Trinajstić information content (AvgIpc) is 3.08. The predicted molar refractivity (Wildman–Crippen MR) is 95.4 cm³/mol. The minimum absolute atomic E-state index is 0.00393. The maximum Gasteiger partial charge on any atom is 0.269 e. The highest BCUT2D eigenvalue weighted by Crippen LogP contribution is 2.30. The van der Waals surface area contributed by atoms with Crippen molar-refractivity contribution in [1.82, 2.24) is 0 Å². The highest BCUT2D eigenvalue weighted by molar-refractivity contribution is 5.89. The fourth-order valence-corrected chi connectivity index (χ4v) is 2.61. The van der Waals surface area contributed by atoms with E-state index in [0.717, 1.165) is 0 Å². The Morgan fingerprint density at radius 1 is 1.23 bits per heavy atom. The zero-order valence-corrected chi connectivity index (χ0v) is 13.8. The molecular weight excluding hydrogens is 335 g/mol. The summed E-state index contributed by atoms with van der Waals surface area (Å²) in [6.07, 6.45) is 1.46. The van der Waals surface area contributed by atoms with Gasteiger partial charge in [0.1, 0.15) is 17.3 Å². The molecule has 0 fully saturated rings. The standard InChI is InChI=1S/C20H13FN2O3/c1-13-10-15(23(24)25)6-8-17(13)20-9-7-16(26-20)11-14(12-22)18-4-2-3-5-19(18)21/h2-11H,1H3. The SMILES string of the molecule is Cc1cc([N+](=O)[O-])ccc1-c1ccc(C=C(C#N)c2ccccc2F)o1. The Morgan fingerprint density at radius 2 is 2.00 bits per heavy atom. The second kappa shape index (κ2) is 7.03. The number of nitrogens with zero attached hydrogens (tertiary/aromatic N) is 2. The molecule has 3 aromatic rings. The van der Waals surface area contributed by atoms with Crippen LogP contribution in [0.15, 0.2) is 59.0 Å². The molecule has 1 aromatic heterocycles. The van der Waals surface area contributed by atoms with Crippen molar-refractivity contribution in [3.8, 4) is 17.4 Å². The predicted octanol–water partition coefficient (Wildman–Crippen LogP) is 5.37. The fraction of sp³-hybridized carbons (Fsp3) is 0.0500. The number of allylic oxidation sites excluding steroid dienone is 1. The van der Waals surface area contributed by atoms with E-state index in [0.29, 0.717) is 22.6 Å². The van der Waals surface area contributed by atoms with Crippen LogP contribution in [0.25, 0.3) is 23.0 Å².